The third-order valence-electron chi connectivity index (χ3n) is 4.73. The van der Waals surface area contributed by atoms with Gasteiger partial charge in [-0.15, -0.1) is 0 Å². The van der Waals surface area contributed by atoms with Crippen LogP contribution in [0.5, 0.6) is 11.5 Å². The Balaban J connectivity index is 0.00000288. The molecule has 0 atom stereocenters. The van der Waals surface area contributed by atoms with Gasteiger partial charge in [-0.3, -0.25) is 0 Å². The van der Waals surface area contributed by atoms with Crippen LogP contribution in [-0.2, 0) is 37.4 Å². The van der Waals surface area contributed by atoms with Gasteiger partial charge in [0.25, 0.3) is 0 Å². The monoisotopic (exact) mass is 411 g/mol. The Bertz CT molecular complexity index is 433. The van der Waals surface area contributed by atoms with Gasteiger partial charge in [0.1, 0.15) is 24.6 Å². The Morgan fingerprint density at radius 1 is 0.917 bits per heavy atom. The standard InChI is InChI=1S/C19H32NO3.Y/c1-3-5-14-22-18-7-9-19(10-8-18)23-15-6-11-20(4-2)12-16-21-17-13-20;/h7-10H,3-6,11-17H2,1-2H3;/q+1;. The summed E-state index contributed by atoms with van der Waals surface area (Å²) >= 11 is 0. The molecule has 1 saturated heterocycles. The molecule has 0 aromatic heterocycles. The molecule has 0 saturated carbocycles. The van der Waals surface area contributed by atoms with Crippen LogP contribution >= 0.6 is 0 Å². The van der Waals surface area contributed by atoms with E-state index in [9.17, 15) is 0 Å². The minimum atomic E-state index is 0. The van der Waals surface area contributed by atoms with E-state index in [4.69, 9.17) is 14.2 Å². The first-order chi connectivity index (χ1) is 11.3. The maximum atomic E-state index is 5.87. The van der Waals surface area contributed by atoms with Crippen molar-refractivity contribution in [3.8, 4) is 11.5 Å². The summed E-state index contributed by atoms with van der Waals surface area (Å²) in [5, 5.41) is 0. The number of hydrogen-bond acceptors (Lipinski definition) is 3. The van der Waals surface area contributed by atoms with E-state index >= 15 is 0 Å². The van der Waals surface area contributed by atoms with Crippen molar-refractivity contribution in [3.63, 3.8) is 0 Å². The average molecular weight is 411 g/mol. The first-order valence-corrected chi connectivity index (χ1v) is 9.06. The van der Waals surface area contributed by atoms with Gasteiger partial charge in [-0.25, -0.2) is 0 Å². The van der Waals surface area contributed by atoms with Gasteiger partial charge in [-0.2, -0.15) is 0 Å². The zero-order valence-electron chi connectivity index (χ0n) is 15.3. The van der Waals surface area contributed by atoms with Crippen LogP contribution < -0.4 is 9.47 Å². The molecule has 0 amide bonds. The second-order valence-corrected chi connectivity index (χ2v) is 6.32. The van der Waals surface area contributed by atoms with Crippen LogP contribution in [-0.4, -0.2) is 57.1 Å². The maximum Gasteiger partial charge on any atom is 0.119 e. The molecule has 0 N–H and O–H groups in total. The van der Waals surface area contributed by atoms with Crippen LogP contribution in [0.3, 0.4) is 0 Å². The quantitative estimate of drug-likeness (QED) is 0.436. The Morgan fingerprint density at radius 3 is 1.96 bits per heavy atom. The molecule has 133 valence electrons. The predicted octanol–water partition coefficient (Wildman–Crippen LogP) is 3.50. The number of nitrogens with zero attached hydrogens (tertiary/aromatic N) is 1. The number of unbranched alkanes of at least 4 members (excludes halogenated alkanes) is 1. The van der Waals surface area contributed by atoms with Crippen molar-refractivity contribution >= 4 is 0 Å². The zero-order chi connectivity index (χ0) is 16.4. The van der Waals surface area contributed by atoms with Crippen molar-refractivity contribution in [1.82, 2.24) is 0 Å². The number of morpholine rings is 1. The molecule has 4 nitrogen and oxygen atoms in total. The fraction of sp³-hybridized carbons (Fsp3) is 0.684. The van der Waals surface area contributed by atoms with Gasteiger partial charge < -0.3 is 18.7 Å². The molecular weight excluding hydrogens is 379 g/mol. The van der Waals surface area contributed by atoms with Gasteiger partial charge in [-0.1, -0.05) is 13.3 Å². The number of benzene rings is 1. The number of hydrogen-bond donors (Lipinski definition) is 0. The summed E-state index contributed by atoms with van der Waals surface area (Å²) in [4.78, 5) is 0. The van der Waals surface area contributed by atoms with E-state index in [1.807, 2.05) is 24.3 Å². The fourth-order valence-electron chi connectivity index (χ4n) is 2.98. The van der Waals surface area contributed by atoms with Crippen molar-refractivity contribution in [3.05, 3.63) is 24.3 Å². The molecule has 0 bridgehead atoms. The molecule has 2 rings (SSSR count). The number of likely N-dealkylation sites (N-methyl/N-ethyl adjacent to an activating group) is 1. The summed E-state index contributed by atoms with van der Waals surface area (Å²) < 4.78 is 18.2. The fourth-order valence-corrected chi connectivity index (χ4v) is 2.98. The molecule has 0 unspecified atom stereocenters. The molecule has 1 fully saturated rings. The van der Waals surface area contributed by atoms with Crippen molar-refractivity contribution in [2.24, 2.45) is 0 Å². The molecule has 1 radical (unpaired) electrons. The van der Waals surface area contributed by atoms with Crippen LogP contribution in [0, 0.1) is 0 Å². The third kappa shape index (κ3) is 7.39. The molecule has 1 aliphatic heterocycles. The summed E-state index contributed by atoms with van der Waals surface area (Å²) in [5.41, 5.74) is 0. The van der Waals surface area contributed by atoms with Crippen molar-refractivity contribution < 1.29 is 51.4 Å². The van der Waals surface area contributed by atoms with E-state index in [1.165, 1.54) is 17.6 Å². The molecule has 1 aromatic rings. The first-order valence-electron chi connectivity index (χ1n) is 9.06. The van der Waals surface area contributed by atoms with E-state index in [0.29, 0.717) is 0 Å². The molecule has 24 heavy (non-hydrogen) atoms. The number of quaternary nitrogens is 1. The molecule has 1 heterocycles. The Labute approximate surface area is 172 Å². The SMILES string of the molecule is CCCCOc1ccc(OCCC[N+]2(CC)CCOCC2)cc1.[Y]. The Hall–Kier alpha value is -0.156. The zero-order valence-corrected chi connectivity index (χ0v) is 18.2. The second-order valence-electron chi connectivity index (χ2n) is 6.32. The van der Waals surface area contributed by atoms with Gasteiger partial charge >= 0.3 is 0 Å². The molecule has 0 aliphatic carbocycles. The normalized spacial score (nSPS) is 16.2. The Morgan fingerprint density at radius 2 is 1.46 bits per heavy atom. The van der Waals surface area contributed by atoms with E-state index < -0.39 is 0 Å². The van der Waals surface area contributed by atoms with Crippen LogP contribution in [0.1, 0.15) is 33.1 Å². The van der Waals surface area contributed by atoms with Gasteiger partial charge in [0.2, 0.25) is 0 Å². The molecule has 1 aliphatic rings. The summed E-state index contributed by atoms with van der Waals surface area (Å²) in [5.74, 6) is 1.85. The third-order valence-corrected chi connectivity index (χ3v) is 4.73. The van der Waals surface area contributed by atoms with E-state index in [0.717, 1.165) is 70.3 Å². The molecule has 1 aromatic carbocycles. The number of ether oxygens (including phenoxy) is 3. The smallest absolute Gasteiger partial charge is 0.119 e. The van der Waals surface area contributed by atoms with Crippen LogP contribution in [0.25, 0.3) is 0 Å². The maximum absolute atomic E-state index is 5.87. The predicted molar refractivity (Wildman–Crippen MR) is 93.2 cm³/mol. The Kier molecular flexibility index (Phi) is 11.2. The van der Waals surface area contributed by atoms with E-state index in [2.05, 4.69) is 13.8 Å². The van der Waals surface area contributed by atoms with Crippen molar-refractivity contribution in [2.75, 3.05) is 52.6 Å². The van der Waals surface area contributed by atoms with Crippen LogP contribution in [0.4, 0.5) is 0 Å². The molecule has 5 heteroatoms. The molecular formula is C19H32NO3Y+. The van der Waals surface area contributed by atoms with Gasteiger partial charge in [0.15, 0.2) is 0 Å². The minimum absolute atomic E-state index is 0. The summed E-state index contributed by atoms with van der Waals surface area (Å²) in [6, 6.07) is 7.99. The minimum Gasteiger partial charge on any atom is -0.494 e. The summed E-state index contributed by atoms with van der Waals surface area (Å²) in [6.45, 7) is 12.5. The van der Waals surface area contributed by atoms with Crippen molar-refractivity contribution in [2.45, 2.75) is 33.1 Å². The first kappa shape index (κ1) is 21.9. The summed E-state index contributed by atoms with van der Waals surface area (Å²) in [6.07, 6.45) is 3.34. The van der Waals surface area contributed by atoms with E-state index in [1.54, 1.807) is 0 Å². The van der Waals surface area contributed by atoms with Gasteiger partial charge in [0, 0.05) is 39.1 Å². The van der Waals surface area contributed by atoms with Gasteiger partial charge in [-0.05, 0) is 37.6 Å². The van der Waals surface area contributed by atoms with E-state index in [-0.39, 0.29) is 32.7 Å². The average Bonchev–Trinajstić information content (AvgIpc) is 2.61. The second kappa shape index (κ2) is 12.2. The van der Waals surface area contributed by atoms with Crippen LogP contribution in [0.2, 0.25) is 0 Å². The van der Waals surface area contributed by atoms with Crippen molar-refractivity contribution in [1.29, 1.82) is 0 Å². The number of rotatable bonds is 10. The van der Waals surface area contributed by atoms with Gasteiger partial charge in [0.05, 0.1) is 39.5 Å². The molecule has 0 spiro atoms. The van der Waals surface area contributed by atoms with Crippen LogP contribution in [0.15, 0.2) is 24.3 Å². The largest absolute Gasteiger partial charge is 0.494 e. The topological polar surface area (TPSA) is 27.7 Å². The summed E-state index contributed by atoms with van der Waals surface area (Å²) in [7, 11) is 0.